The van der Waals surface area contributed by atoms with Crippen molar-refractivity contribution >= 4 is 17.5 Å². The number of carbonyl (C=O) groups excluding carboxylic acids is 1. The molecular formula is C18H21ClN2O. The average molecular weight is 317 g/mol. The second-order valence-electron chi connectivity index (χ2n) is 5.32. The zero-order valence-corrected chi connectivity index (χ0v) is 13.6. The molecule has 2 aromatic carbocycles. The van der Waals surface area contributed by atoms with E-state index in [-0.39, 0.29) is 24.5 Å². The number of amides is 1. The van der Waals surface area contributed by atoms with Crippen molar-refractivity contribution in [3.05, 3.63) is 70.7 Å². The molecule has 3 nitrogen and oxygen atoms in total. The molecule has 0 radical (unpaired) electrons. The second-order valence-corrected chi connectivity index (χ2v) is 5.73. The summed E-state index contributed by atoms with van der Waals surface area (Å²) in [4.78, 5) is 12.0. The quantitative estimate of drug-likeness (QED) is 0.849. The Kier molecular flexibility index (Phi) is 5.99. The van der Waals surface area contributed by atoms with Gasteiger partial charge in [-0.05, 0) is 31.0 Å². The minimum absolute atomic E-state index is 0.00822. The summed E-state index contributed by atoms with van der Waals surface area (Å²) in [5.41, 5.74) is 2.09. The van der Waals surface area contributed by atoms with E-state index in [1.165, 1.54) is 0 Å². The van der Waals surface area contributed by atoms with E-state index in [9.17, 15) is 4.79 Å². The van der Waals surface area contributed by atoms with Gasteiger partial charge in [-0.25, -0.2) is 0 Å². The topological polar surface area (TPSA) is 41.1 Å². The van der Waals surface area contributed by atoms with Crippen LogP contribution in [0.25, 0.3) is 0 Å². The Morgan fingerprint density at radius 3 is 2.32 bits per heavy atom. The molecule has 0 heterocycles. The van der Waals surface area contributed by atoms with E-state index < -0.39 is 0 Å². The van der Waals surface area contributed by atoms with E-state index in [0.29, 0.717) is 5.02 Å². The maximum Gasteiger partial charge on any atom is 0.234 e. The number of benzene rings is 2. The molecule has 22 heavy (non-hydrogen) atoms. The van der Waals surface area contributed by atoms with Crippen LogP contribution in [0.15, 0.2) is 54.6 Å². The highest BCUT2D eigenvalue weighted by molar-refractivity contribution is 6.31. The maximum atomic E-state index is 12.0. The molecule has 2 atom stereocenters. The fourth-order valence-corrected chi connectivity index (χ4v) is 2.60. The molecule has 2 unspecified atom stereocenters. The Bertz CT molecular complexity index is 615. The molecule has 1 amide bonds. The van der Waals surface area contributed by atoms with Crippen molar-refractivity contribution in [1.82, 2.24) is 10.6 Å². The van der Waals surface area contributed by atoms with Gasteiger partial charge in [0.2, 0.25) is 5.91 Å². The van der Waals surface area contributed by atoms with Crippen LogP contribution < -0.4 is 10.6 Å². The molecule has 0 bridgehead atoms. The first-order chi connectivity index (χ1) is 10.6. The van der Waals surface area contributed by atoms with Crippen molar-refractivity contribution in [3.63, 3.8) is 0 Å². The largest absolute Gasteiger partial charge is 0.348 e. The lowest BCUT2D eigenvalue weighted by atomic mass is 10.1. The summed E-state index contributed by atoms with van der Waals surface area (Å²) in [6.07, 6.45) is 0. The van der Waals surface area contributed by atoms with Crippen LogP contribution in [0.2, 0.25) is 5.02 Å². The van der Waals surface area contributed by atoms with Gasteiger partial charge in [-0.1, -0.05) is 60.1 Å². The summed E-state index contributed by atoms with van der Waals surface area (Å²) in [5, 5.41) is 6.89. The molecule has 2 rings (SSSR count). The summed E-state index contributed by atoms with van der Waals surface area (Å²) in [5.74, 6) is -0.0322. The molecule has 2 N–H and O–H groups in total. The Morgan fingerprint density at radius 1 is 1.00 bits per heavy atom. The van der Waals surface area contributed by atoms with Crippen LogP contribution >= 0.6 is 11.6 Å². The highest BCUT2D eigenvalue weighted by Gasteiger charge is 2.12. The van der Waals surface area contributed by atoms with Crippen LogP contribution in [0.3, 0.4) is 0 Å². The number of rotatable bonds is 6. The van der Waals surface area contributed by atoms with Gasteiger partial charge in [0.25, 0.3) is 0 Å². The lowest BCUT2D eigenvalue weighted by molar-refractivity contribution is -0.121. The van der Waals surface area contributed by atoms with Gasteiger partial charge in [-0.2, -0.15) is 0 Å². The monoisotopic (exact) mass is 316 g/mol. The standard InChI is InChI=1S/C18H21ClN2O/c1-13(15-8-4-3-5-9-15)21-18(22)12-20-14(2)16-10-6-7-11-17(16)19/h3-11,13-14,20H,12H2,1-2H3,(H,21,22). The van der Waals surface area contributed by atoms with Crippen molar-refractivity contribution in [2.45, 2.75) is 25.9 Å². The van der Waals surface area contributed by atoms with E-state index in [4.69, 9.17) is 11.6 Å². The van der Waals surface area contributed by atoms with Crippen LogP contribution in [0, 0.1) is 0 Å². The van der Waals surface area contributed by atoms with Gasteiger partial charge in [0.1, 0.15) is 0 Å². The lowest BCUT2D eigenvalue weighted by Crippen LogP contribution is -2.36. The molecular weight excluding hydrogens is 296 g/mol. The Morgan fingerprint density at radius 2 is 1.64 bits per heavy atom. The molecule has 0 aromatic heterocycles. The third-order valence-corrected chi connectivity index (χ3v) is 3.96. The van der Waals surface area contributed by atoms with Crippen molar-refractivity contribution in [2.24, 2.45) is 0 Å². The molecule has 0 fully saturated rings. The van der Waals surface area contributed by atoms with E-state index in [2.05, 4.69) is 10.6 Å². The van der Waals surface area contributed by atoms with Crippen LogP contribution in [0.1, 0.15) is 37.1 Å². The predicted octanol–water partition coefficient (Wildman–Crippen LogP) is 3.87. The summed E-state index contributed by atoms with van der Waals surface area (Å²) in [6, 6.07) is 17.6. The SMILES string of the molecule is CC(NC(=O)CNC(C)c1ccccc1Cl)c1ccccc1. The number of carbonyl (C=O) groups is 1. The maximum absolute atomic E-state index is 12.0. The smallest absolute Gasteiger partial charge is 0.234 e. The van der Waals surface area contributed by atoms with Gasteiger partial charge in [0, 0.05) is 11.1 Å². The van der Waals surface area contributed by atoms with Crippen LogP contribution in [-0.4, -0.2) is 12.5 Å². The van der Waals surface area contributed by atoms with Crippen LogP contribution in [0.5, 0.6) is 0 Å². The molecule has 0 aliphatic heterocycles. The molecule has 116 valence electrons. The third-order valence-electron chi connectivity index (χ3n) is 3.62. The van der Waals surface area contributed by atoms with E-state index in [1.807, 2.05) is 68.4 Å². The zero-order valence-electron chi connectivity index (χ0n) is 12.8. The van der Waals surface area contributed by atoms with Crippen molar-refractivity contribution in [2.75, 3.05) is 6.54 Å². The van der Waals surface area contributed by atoms with Gasteiger partial charge >= 0.3 is 0 Å². The van der Waals surface area contributed by atoms with Crippen molar-refractivity contribution in [3.8, 4) is 0 Å². The zero-order chi connectivity index (χ0) is 15.9. The normalized spacial score (nSPS) is 13.4. The molecule has 0 aliphatic rings. The van der Waals surface area contributed by atoms with Crippen LogP contribution in [0.4, 0.5) is 0 Å². The number of hydrogen-bond donors (Lipinski definition) is 2. The van der Waals surface area contributed by atoms with E-state index >= 15 is 0 Å². The summed E-state index contributed by atoms with van der Waals surface area (Å²) in [7, 11) is 0. The van der Waals surface area contributed by atoms with Gasteiger partial charge in [-0.15, -0.1) is 0 Å². The Labute approximate surface area is 136 Å². The number of hydrogen-bond acceptors (Lipinski definition) is 2. The van der Waals surface area contributed by atoms with Gasteiger partial charge in [-0.3, -0.25) is 4.79 Å². The fraction of sp³-hybridized carbons (Fsp3) is 0.278. The molecule has 4 heteroatoms. The number of halogens is 1. The van der Waals surface area contributed by atoms with Crippen LogP contribution in [-0.2, 0) is 4.79 Å². The fourth-order valence-electron chi connectivity index (χ4n) is 2.30. The molecule has 0 aliphatic carbocycles. The molecule has 0 saturated carbocycles. The van der Waals surface area contributed by atoms with Crippen molar-refractivity contribution < 1.29 is 4.79 Å². The molecule has 2 aromatic rings. The van der Waals surface area contributed by atoms with E-state index in [0.717, 1.165) is 11.1 Å². The first kappa shape index (κ1) is 16.5. The lowest BCUT2D eigenvalue weighted by Gasteiger charge is -2.18. The third kappa shape index (κ3) is 4.58. The van der Waals surface area contributed by atoms with E-state index in [1.54, 1.807) is 0 Å². The summed E-state index contributed by atoms with van der Waals surface area (Å²) >= 11 is 6.16. The summed E-state index contributed by atoms with van der Waals surface area (Å²) in [6.45, 7) is 4.23. The second kappa shape index (κ2) is 7.97. The molecule has 0 saturated heterocycles. The number of nitrogens with one attached hydrogen (secondary N) is 2. The first-order valence-electron chi connectivity index (χ1n) is 7.40. The average Bonchev–Trinajstić information content (AvgIpc) is 2.54. The Balaban J connectivity index is 1.84. The minimum atomic E-state index is -0.0322. The minimum Gasteiger partial charge on any atom is -0.348 e. The van der Waals surface area contributed by atoms with Crippen molar-refractivity contribution in [1.29, 1.82) is 0 Å². The summed E-state index contributed by atoms with van der Waals surface area (Å²) < 4.78 is 0. The predicted molar refractivity (Wildman–Crippen MR) is 90.9 cm³/mol. The van der Waals surface area contributed by atoms with Gasteiger partial charge < -0.3 is 10.6 Å². The Hall–Kier alpha value is -1.84. The first-order valence-corrected chi connectivity index (χ1v) is 7.78. The highest BCUT2D eigenvalue weighted by Crippen LogP contribution is 2.21. The molecule has 0 spiro atoms. The highest BCUT2D eigenvalue weighted by atomic mass is 35.5. The van der Waals surface area contributed by atoms with Gasteiger partial charge in [0.05, 0.1) is 12.6 Å². The van der Waals surface area contributed by atoms with Gasteiger partial charge in [0.15, 0.2) is 0 Å².